The molecule has 2 aliphatic rings. The zero-order valence-corrected chi connectivity index (χ0v) is 20.8. The molecule has 2 amide bonds. The van der Waals surface area contributed by atoms with Crippen LogP contribution < -0.4 is 9.64 Å². The summed E-state index contributed by atoms with van der Waals surface area (Å²) in [6.45, 7) is -1.73. The average molecular weight is 528 g/mol. The Labute approximate surface area is 216 Å². The summed E-state index contributed by atoms with van der Waals surface area (Å²) in [6.07, 6.45) is 4.60. The minimum absolute atomic E-state index is 0.0169. The number of rotatable bonds is 5. The maximum absolute atomic E-state index is 14.4. The molecule has 0 aliphatic carbocycles. The molecule has 1 saturated heterocycles. The fraction of sp³-hybridized carbons (Fsp3) is 0.296. The number of anilines is 1. The first-order valence-corrected chi connectivity index (χ1v) is 13.0. The van der Waals surface area contributed by atoms with Crippen LogP contribution in [0.25, 0.3) is 0 Å². The second kappa shape index (κ2) is 10.1. The number of nitrogens with zero attached hydrogens (tertiary/aromatic N) is 3. The largest absolute Gasteiger partial charge is 0.435 e. The van der Waals surface area contributed by atoms with Gasteiger partial charge in [0.2, 0.25) is 0 Å². The lowest BCUT2D eigenvalue weighted by Gasteiger charge is -2.40. The van der Waals surface area contributed by atoms with Gasteiger partial charge in [-0.1, -0.05) is 0 Å². The molecule has 3 aromatic rings. The quantitative estimate of drug-likeness (QED) is 0.417. The number of carbonyl (C=O) groups is 2. The maximum atomic E-state index is 14.4. The summed E-state index contributed by atoms with van der Waals surface area (Å²) in [4.78, 5) is 34.4. The summed E-state index contributed by atoms with van der Waals surface area (Å²) in [5, 5.41) is 0.627. The molecule has 0 saturated carbocycles. The SMILES string of the molecule is CSc1ncccc1C(=O)N1CC2(CCN(C(=O)c3ccc(OC(F)F)cc3)CC2)c2cc(F)ccc21. The zero-order chi connectivity index (χ0) is 26.2. The highest BCUT2D eigenvalue weighted by Gasteiger charge is 2.47. The summed E-state index contributed by atoms with van der Waals surface area (Å²) < 4.78 is 43.5. The predicted octanol–water partition coefficient (Wildman–Crippen LogP) is 5.38. The molecule has 5 rings (SSSR count). The molecule has 192 valence electrons. The highest BCUT2D eigenvalue weighted by Crippen LogP contribution is 2.48. The fourth-order valence-electron chi connectivity index (χ4n) is 5.21. The van der Waals surface area contributed by atoms with Crippen molar-refractivity contribution in [1.82, 2.24) is 9.88 Å². The molecule has 0 atom stereocenters. The number of halogens is 3. The van der Waals surface area contributed by atoms with Crippen LogP contribution in [-0.4, -0.2) is 54.2 Å². The number of fused-ring (bicyclic) bond motifs is 2. The van der Waals surface area contributed by atoms with Crippen LogP contribution in [0.5, 0.6) is 5.75 Å². The normalized spacial score (nSPS) is 16.2. The van der Waals surface area contributed by atoms with E-state index in [9.17, 15) is 22.8 Å². The van der Waals surface area contributed by atoms with E-state index in [4.69, 9.17) is 0 Å². The monoisotopic (exact) mass is 527 g/mol. The third-order valence-electron chi connectivity index (χ3n) is 7.06. The molecule has 10 heteroatoms. The van der Waals surface area contributed by atoms with E-state index in [1.807, 2.05) is 6.26 Å². The Morgan fingerprint density at radius 1 is 1.05 bits per heavy atom. The van der Waals surface area contributed by atoms with Gasteiger partial charge in [0, 0.05) is 42.5 Å². The van der Waals surface area contributed by atoms with Gasteiger partial charge in [-0.2, -0.15) is 8.78 Å². The van der Waals surface area contributed by atoms with Crippen molar-refractivity contribution >= 4 is 29.3 Å². The van der Waals surface area contributed by atoms with Gasteiger partial charge in [0.1, 0.15) is 16.6 Å². The Morgan fingerprint density at radius 3 is 2.46 bits per heavy atom. The van der Waals surface area contributed by atoms with Crippen LogP contribution in [0.15, 0.2) is 65.8 Å². The lowest BCUT2D eigenvalue weighted by atomic mass is 9.74. The highest BCUT2D eigenvalue weighted by atomic mass is 32.2. The molecule has 0 unspecified atom stereocenters. The molecule has 1 fully saturated rings. The molecule has 2 aliphatic heterocycles. The molecule has 37 heavy (non-hydrogen) atoms. The number of piperidine rings is 1. The van der Waals surface area contributed by atoms with Gasteiger partial charge in [-0.3, -0.25) is 9.59 Å². The topological polar surface area (TPSA) is 62.7 Å². The van der Waals surface area contributed by atoms with Crippen molar-refractivity contribution in [3.05, 3.63) is 83.3 Å². The molecule has 0 N–H and O–H groups in total. The first kappa shape index (κ1) is 25.1. The molecule has 2 aromatic carbocycles. The van der Waals surface area contributed by atoms with Crippen molar-refractivity contribution in [3.8, 4) is 5.75 Å². The number of carbonyl (C=O) groups excluding carboxylic acids is 2. The molecule has 3 heterocycles. The number of aromatic nitrogens is 1. The van der Waals surface area contributed by atoms with E-state index in [0.29, 0.717) is 54.3 Å². The van der Waals surface area contributed by atoms with E-state index in [0.717, 1.165) is 5.56 Å². The summed E-state index contributed by atoms with van der Waals surface area (Å²) in [6, 6.07) is 13.6. The number of likely N-dealkylation sites (tertiary alicyclic amines) is 1. The van der Waals surface area contributed by atoms with Crippen LogP contribution in [0.4, 0.5) is 18.9 Å². The van der Waals surface area contributed by atoms with Crippen LogP contribution in [0.3, 0.4) is 0 Å². The molecular formula is C27H24F3N3O3S. The van der Waals surface area contributed by atoms with Crippen molar-refractivity contribution in [2.75, 3.05) is 30.8 Å². The van der Waals surface area contributed by atoms with E-state index in [1.165, 1.54) is 48.2 Å². The number of alkyl halides is 2. The van der Waals surface area contributed by atoms with Crippen molar-refractivity contribution < 1.29 is 27.5 Å². The van der Waals surface area contributed by atoms with Crippen molar-refractivity contribution in [3.63, 3.8) is 0 Å². The Bertz CT molecular complexity index is 1330. The van der Waals surface area contributed by atoms with Crippen LogP contribution in [0.2, 0.25) is 0 Å². The van der Waals surface area contributed by atoms with Gasteiger partial charge in [-0.05, 0) is 79.3 Å². The van der Waals surface area contributed by atoms with Gasteiger partial charge in [-0.15, -0.1) is 11.8 Å². The number of thioether (sulfide) groups is 1. The number of hydrogen-bond donors (Lipinski definition) is 0. The minimum atomic E-state index is -2.93. The number of amides is 2. The van der Waals surface area contributed by atoms with E-state index in [1.54, 1.807) is 34.2 Å². The summed E-state index contributed by atoms with van der Waals surface area (Å²) in [5.41, 5.74) is 1.83. The molecule has 1 aromatic heterocycles. The Kier molecular flexibility index (Phi) is 6.85. The smallest absolute Gasteiger partial charge is 0.387 e. The summed E-state index contributed by atoms with van der Waals surface area (Å²) in [7, 11) is 0. The highest BCUT2D eigenvalue weighted by molar-refractivity contribution is 7.98. The first-order valence-electron chi connectivity index (χ1n) is 11.8. The van der Waals surface area contributed by atoms with Crippen molar-refractivity contribution in [2.45, 2.75) is 29.9 Å². The first-order chi connectivity index (χ1) is 17.8. The summed E-state index contributed by atoms with van der Waals surface area (Å²) >= 11 is 1.39. The zero-order valence-electron chi connectivity index (χ0n) is 20.0. The standard InChI is InChI=1S/C27H24F3N3O3S/c1-37-23-20(3-2-12-31-23)25(35)33-16-27(21-15-18(28)6-9-22(21)33)10-13-32(14-11-27)24(34)17-4-7-19(8-5-17)36-26(29)30/h2-9,12,15,26H,10-11,13-14,16H2,1H3. The van der Waals surface area contributed by atoms with Crippen molar-refractivity contribution in [1.29, 1.82) is 0 Å². The van der Waals surface area contributed by atoms with Crippen LogP contribution in [-0.2, 0) is 5.41 Å². The Hall–Kier alpha value is -3.53. The van der Waals surface area contributed by atoms with Crippen molar-refractivity contribution in [2.24, 2.45) is 0 Å². The van der Waals surface area contributed by atoms with Gasteiger partial charge in [0.25, 0.3) is 11.8 Å². The second-order valence-corrected chi connectivity index (χ2v) is 9.88. The molecule has 6 nitrogen and oxygen atoms in total. The average Bonchev–Trinajstić information content (AvgIpc) is 3.21. The van der Waals surface area contributed by atoms with Gasteiger partial charge in [0.15, 0.2) is 0 Å². The summed E-state index contributed by atoms with van der Waals surface area (Å²) in [5.74, 6) is -0.796. The number of ether oxygens (including phenoxy) is 1. The van der Waals surface area contributed by atoms with Gasteiger partial charge in [-0.25, -0.2) is 9.37 Å². The van der Waals surface area contributed by atoms with Gasteiger partial charge < -0.3 is 14.5 Å². The van der Waals surface area contributed by atoms with Crippen LogP contribution in [0, 0.1) is 5.82 Å². The molecular weight excluding hydrogens is 503 g/mol. The third-order valence-corrected chi connectivity index (χ3v) is 7.77. The van der Waals surface area contributed by atoms with Gasteiger partial charge in [0.05, 0.1) is 5.56 Å². The van der Waals surface area contributed by atoms with E-state index >= 15 is 0 Å². The second-order valence-electron chi connectivity index (χ2n) is 9.09. The number of hydrogen-bond acceptors (Lipinski definition) is 5. The van der Waals surface area contributed by atoms with Crippen LogP contribution >= 0.6 is 11.8 Å². The minimum Gasteiger partial charge on any atom is -0.435 e. The van der Waals surface area contributed by atoms with E-state index < -0.39 is 12.0 Å². The predicted molar refractivity (Wildman–Crippen MR) is 134 cm³/mol. The number of benzene rings is 2. The lowest BCUT2D eigenvalue weighted by Crippen LogP contribution is -2.48. The third kappa shape index (κ3) is 4.77. The number of pyridine rings is 1. The lowest BCUT2D eigenvalue weighted by molar-refractivity contribution is -0.0498. The Balaban J connectivity index is 1.36. The fourth-order valence-corrected chi connectivity index (χ4v) is 5.75. The maximum Gasteiger partial charge on any atom is 0.387 e. The van der Waals surface area contributed by atoms with E-state index in [-0.39, 0.29) is 23.4 Å². The van der Waals surface area contributed by atoms with Gasteiger partial charge >= 0.3 is 6.61 Å². The van der Waals surface area contributed by atoms with E-state index in [2.05, 4.69) is 9.72 Å². The Morgan fingerprint density at radius 2 is 1.78 bits per heavy atom. The molecule has 1 spiro atoms. The molecule has 0 radical (unpaired) electrons. The van der Waals surface area contributed by atoms with Crippen LogP contribution in [0.1, 0.15) is 39.1 Å². The molecule has 0 bridgehead atoms.